The van der Waals surface area contributed by atoms with Crippen molar-refractivity contribution in [3.8, 4) is 11.5 Å². The van der Waals surface area contributed by atoms with Crippen LogP contribution in [0.1, 0.15) is 50.2 Å². The molecule has 1 N–H and O–H groups in total. The maximum Gasteiger partial charge on any atom is 0.222 e. The molecule has 5 nitrogen and oxygen atoms in total. The van der Waals surface area contributed by atoms with Crippen LogP contribution in [-0.2, 0) is 17.8 Å². The Morgan fingerprint density at radius 2 is 1.89 bits per heavy atom. The van der Waals surface area contributed by atoms with Gasteiger partial charge in [-0.25, -0.2) is 0 Å². The van der Waals surface area contributed by atoms with Crippen molar-refractivity contribution in [2.24, 2.45) is 5.92 Å². The molecule has 2 aliphatic rings. The topological polar surface area (TPSA) is 53.0 Å². The average molecular weight is 387 g/mol. The van der Waals surface area contributed by atoms with Crippen molar-refractivity contribution in [3.63, 3.8) is 0 Å². The van der Waals surface area contributed by atoms with Crippen LogP contribution in [0.2, 0.25) is 0 Å². The molecule has 1 amide bonds. The molecule has 1 aliphatic heterocycles. The first-order valence-electron chi connectivity index (χ1n) is 10.7. The van der Waals surface area contributed by atoms with E-state index >= 15 is 0 Å². The lowest BCUT2D eigenvalue weighted by Crippen LogP contribution is -2.48. The van der Waals surface area contributed by atoms with Crippen molar-refractivity contribution in [2.75, 3.05) is 32.8 Å². The first kappa shape index (κ1) is 20.7. The number of hydrogen-bond acceptors (Lipinski definition) is 4. The summed E-state index contributed by atoms with van der Waals surface area (Å²) in [5.41, 5.74) is 1.73. The Bertz CT molecular complexity index is 675. The van der Waals surface area contributed by atoms with E-state index in [4.69, 9.17) is 4.74 Å². The fourth-order valence-electron chi connectivity index (χ4n) is 4.40. The SMILES string of the molecule is C=CCc1cc(OCC)cc(CN2CCN(C(=O)CC3CCCC3)CC2)c1O. The molecule has 154 valence electrons. The molecule has 0 aromatic heterocycles. The van der Waals surface area contributed by atoms with E-state index in [9.17, 15) is 9.90 Å². The van der Waals surface area contributed by atoms with Crippen molar-refractivity contribution in [2.45, 2.75) is 52.0 Å². The second-order valence-electron chi connectivity index (χ2n) is 8.03. The molecule has 1 aromatic carbocycles. The van der Waals surface area contributed by atoms with E-state index in [0.29, 0.717) is 37.1 Å². The maximum atomic E-state index is 12.5. The normalized spacial score (nSPS) is 18.4. The molecule has 0 unspecified atom stereocenters. The molecule has 5 heteroatoms. The number of allylic oxidation sites excluding steroid dienone is 1. The summed E-state index contributed by atoms with van der Waals surface area (Å²) >= 11 is 0. The van der Waals surface area contributed by atoms with Crippen LogP contribution in [0.4, 0.5) is 0 Å². The minimum Gasteiger partial charge on any atom is -0.507 e. The number of rotatable bonds is 8. The van der Waals surface area contributed by atoms with Gasteiger partial charge in [-0.1, -0.05) is 18.9 Å². The van der Waals surface area contributed by atoms with Crippen LogP contribution in [0, 0.1) is 5.92 Å². The van der Waals surface area contributed by atoms with E-state index in [1.54, 1.807) is 6.08 Å². The van der Waals surface area contributed by atoms with Gasteiger partial charge in [0.2, 0.25) is 5.91 Å². The number of carbonyl (C=O) groups is 1. The summed E-state index contributed by atoms with van der Waals surface area (Å²) in [5, 5.41) is 10.6. The molecule has 1 saturated carbocycles. The van der Waals surface area contributed by atoms with Gasteiger partial charge >= 0.3 is 0 Å². The number of phenolic OH excluding ortho intramolecular Hbond substituents is 1. The standard InChI is InChI=1S/C23H34N2O3/c1-3-7-19-15-21(28-4-2)16-20(23(19)27)17-24-10-12-25(13-11-24)22(26)14-18-8-5-6-9-18/h3,15-16,18,27H,1,4-14,17H2,2H3. The number of hydrogen-bond donors (Lipinski definition) is 1. The number of phenols is 1. The molecule has 1 aliphatic carbocycles. The van der Waals surface area contributed by atoms with Gasteiger partial charge < -0.3 is 14.7 Å². The van der Waals surface area contributed by atoms with Gasteiger partial charge in [0.05, 0.1) is 6.61 Å². The zero-order chi connectivity index (χ0) is 19.9. The van der Waals surface area contributed by atoms with E-state index in [2.05, 4.69) is 11.5 Å². The number of carbonyl (C=O) groups excluding carboxylic acids is 1. The second-order valence-corrected chi connectivity index (χ2v) is 8.03. The molecule has 2 fully saturated rings. The van der Waals surface area contributed by atoms with Crippen molar-refractivity contribution >= 4 is 5.91 Å². The van der Waals surface area contributed by atoms with Gasteiger partial charge in [-0.05, 0) is 44.2 Å². The highest BCUT2D eigenvalue weighted by Crippen LogP contribution is 2.31. The quantitative estimate of drug-likeness (QED) is 0.692. The Morgan fingerprint density at radius 1 is 1.21 bits per heavy atom. The van der Waals surface area contributed by atoms with Crippen LogP contribution in [0.15, 0.2) is 24.8 Å². The first-order valence-corrected chi connectivity index (χ1v) is 10.7. The third-order valence-electron chi connectivity index (χ3n) is 5.97. The van der Waals surface area contributed by atoms with E-state index in [0.717, 1.165) is 49.5 Å². The Morgan fingerprint density at radius 3 is 2.54 bits per heavy atom. The second kappa shape index (κ2) is 9.97. The zero-order valence-corrected chi connectivity index (χ0v) is 17.2. The van der Waals surface area contributed by atoms with Crippen LogP contribution < -0.4 is 4.74 Å². The average Bonchev–Trinajstić information content (AvgIpc) is 3.19. The van der Waals surface area contributed by atoms with Gasteiger partial charge in [-0.3, -0.25) is 9.69 Å². The van der Waals surface area contributed by atoms with Crippen LogP contribution in [0.5, 0.6) is 11.5 Å². The van der Waals surface area contributed by atoms with Gasteiger partial charge in [0.15, 0.2) is 0 Å². The molecule has 28 heavy (non-hydrogen) atoms. The summed E-state index contributed by atoms with van der Waals surface area (Å²) in [6.45, 7) is 10.2. The number of aromatic hydroxyl groups is 1. The van der Waals surface area contributed by atoms with Crippen LogP contribution in [0.25, 0.3) is 0 Å². The van der Waals surface area contributed by atoms with Crippen molar-refractivity contribution in [3.05, 3.63) is 35.9 Å². The molecular weight excluding hydrogens is 352 g/mol. The number of ether oxygens (including phenoxy) is 1. The summed E-state index contributed by atoms with van der Waals surface area (Å²) in [4.78, 5) is 16.9. The monoisotopic (exact) mass is 386 g/mol. The smallest absolute Gasteiger partial charge is 0.222 e. The molecule has 0 spiro atoms. The fourth-order valence-corrected chi connectivity index (χ4v) is 4.40. The molecule has 0 bridgehead atoms. The Kier molecular flexibility index (Phi) is 7.37. The van der Waals surface area contributed by atoms with E-state index < -0.39 is 0 Å². The first-order chi connectivity index (χ1) is 13.6. The molecule has 3 rings (SSSR count). The molecule has 1 aromatic rings. The maximum absolute atomic E-state index is 12.5. The Labute approximate surface area is 169 Å². The highest BCUT2D eigenvalue weighted by molar-refractivity contribution is 5.76. The third-order valence-corrected chi connectivity index (χ3v) is 5.97. The molecule has 0 atom stereocenters. The number of piperazine rings is 1. The molecule has 0 radical (unpaired) electrons. The number of amides is 1. The predicted molar refractivity (Wildman–Crippen MR) is 112 cm³/mol. The minimum atomic E-state index is 0.320. The fraction of sp³-hybridized carbons (Fsp3) is 0.609. The Balaban J connectivity index is 1.57. The summed E-state index contributed by atoms with van der Waals surface area (Å²) < 4.78 is 5.67. The number of benzene rings is 1. The van der Waals surface area contributed by atoms with E-state index in [1.165, 1.54) is 25.7 Å². The van der Waals surface area contributed by atoms with Gasteiger partial charge in [0, 0.05) is 50.3 Å². The van der Waals surface area contributed by atoms with E-state index in [-0.39, 0.29) is 0 Å². The van der Waals surface area contributed by atoms with Crippen LogP contribution in [-0.4, -0.2) is 53.6 Å². The highest BCUT2D eigenvalue weighted by Gasteiger charge is 2.25. The largest absolute Gasteiger partial charge is 0.507 e. The number of nitrogens with zero attached hydrogens (tertiary/aromatic N) is 2. The van der Waals surface area contributed by atoms with Gasteiger partial charge in [-0.2, -0.15) is 0 Å². The lowest BCUT2D eigenvalue weighted by molar-refractivity contribution is -0.134. The van der Waals surface area contributed by atoms with Crippen LogP contribution >= 0.6 is 0 Å². The zero-order valence-electron chi connectivity index (χ0n) is 17.2. The lowest BCUT2D eigenvalue weighted by atomic mass is 10.0. The minimum absolute atomic E-state index is 0.320. The molecule has 1 saturated heterocycles. The van der Waals surface area contributed by atoms with E-state index in [1.807, 2.05) is 24.0 Å². The summed E-state index contributed by atoms with van der Waals surface area (Å²) in [6.07, 6.45) is 8.13. The summed E-state index contributed by atoms with van der Waals surface area (Å²) in [6, 6.07) is 3.83. The summed E-state index contributed by atoms with van der Waals surface area (Å²) in [5.74, 6) is 2.05. The van der Waals surface area contributed by atoms with Gasteiger partial charge in [0.25, 0.3) is 0 Å². The van der Waals surface area contributed by atoms with Crippen molar-refractivity contribution in [1.29, 1.82) is 0 Å². The Hall–Kier alpha value is -2.01. The predicted octanol–water partition coefficient (Wildman–Crippen LogP) is 3.74. The summed E-state index contributed by atoms with van der Waals surface area (Å²) in [7, 11) is 0. The van der Waals surface area contributed by atoms with Crippen molar-refractivity contribution in [1.82, 2.24) is 9.80 Å². The van der Waals surface area contributed by atoms with Gasteiger partial charge in [-0.15, -0.1) is 6.58 Å². The molecular formula is C23H34N2O3. The highest BCUT2D eigenvalue weighted by atomic mass is 16.5. The van der Waals surface area contributed by atoms with Crippen LogP contribution in [0.3, 0.4) is 0 Å². The van der Waals surface area contributed by atoms with Crippen molar-refractivity contribution < 1.29 is 14.6 Å². The lowest BCUT2D eigenvalue weighted by Gasteiger charge is -2.35. The van der Waals surface area contributed by atoms with Gasteiger partial charge in [0.1, 0.15) is 11.5 Å². The third kappa shape index (κ3) is 5.28. The molecule has 1 heterocycles.